The highest BCUT2D eigenvalue weighted by Gasteiger charge is 2.70. The van der Waals surface area contributed by atoms with E-state index >= 15 is 0 Å². The Balaban J connectivity index is 2.28. The van der Waals surface area contributed by atoms with Crippen LogP contribution >= 0.6 is 0 Å². The molecule has 1 spiro atoms. The predicted molar refractivity (Wildman–Crippen MR) is 75.9 cm³/mol. The second-order valence-corrected chi connectivity index (χ2v) is 7.23. The van der Waals surface area contributed by atoms with Gasteiger partial charge in [0.1, 0.15) is 5.60 Å². The van der Waals surface area contributed by atoms with Crippen molar-refractivity contribution in [3.8, 4) is 0 Å². The molecule has 1 saturated heterocycles. The number of carboxylic acid groups (broad SMARTS) is 1. The Kier molecular flexibility index (Phi) is 3.95. The van der Waals surface area contributed by atoms with Crippen molar-refractivity contribution in [2.75, 3.05) is 13.2 Å². The number of ether oxygens (including phenoxy) is 1. The number of carboxylic acids is 1. The zero-order chi connectivity index (χ0) is 15.9. The summed E-state index contributed by atoms with van der Waals surface area (Å²) >= 11 is 0. The molecule has 6 nitrogen and oxygen atoms in total. The zero-order valence-corrected chi connectivity index (χ0v) is 13.0. The number of hydrogen-bond donors (Lipinski definition) is 2. The number of rotatable bonds is 2. The molecule has 1 heterocycles. The van der Waals surface area contributed by atoms with Crippen LogP contribution in [-0.2, 0) is 9.53 Å². The first-order chi connectivity index (χ1) is 9.68. The van der Waals surface area contributed by atoms with Gasteiger partial charge in [-0.15, -0.1) is 0 Å². The number of likely N-dealkylation sites (tertiary alicyclic amines) is 1. The van der Waals surface area contributed by atoms with Crippen molar-refractivity contribution in [2.24, 2.45) is 5.41 Å². The standard InChI is InChI=1S/C15H25NO5/c1-13(2,3)21-12(20)16-9-14(7-5-4-6-8-14)15(16,10-17)11(18)19/h17H,4-10H2,1-3H3,(H,18,19)/t15-/m0/s1. The van der Waals surface area contributed by atoms with Crippen molar-refractivity contribution < 1.29 is 24.5 Å². The molecule has 120 valence electrons. The van der Waals surface area contributed by atoms with Crippen LogP contribution < -0.4 is 0 Å². The third kappa shape index (κ3) is 2.39. The second kappa shape index (κ2) is 5.16. The summed E-state index contributed by atoms with van der Waals surface area (Å²) in [6, 6.07) is 0. The van der Waals surface area contributed by atoms with E-state index in [1.54, 1.807) is 20.8 Å². The molecule has 2 aliphatic rings. The average molecular weight is 299 g/mol. The Labute approximate surface area is 125 Å². The van der Waals surface area contributed by atoms with Crippen LogP contribution in [-0.4, -0.2) is 51.5 Å². The van der Waals surface area contributed by atoms with Gasteiger partial charge < -0.3 is 14.9 Å². The monoisotopic (exact) mass is 299 g/mol. The van der Waals surface area contributed by atoms with Crippen LogP contribution in [0.2, 0.25) is 0 Å². The summed E-state index contributed by atoms with van der Waals surface area (Å²) in [6.07, 6.45) is 3.78. The first-order valence-corrected chi connectivity index (χ1v) is 7.53. The van der Waals surface area contributed by atoms with Crippen LogP contribution in [0.3, 0.4) is 0 Å². The summed E-state index contributed by atoms with van der Waals surface area (Å²) in [4.78, 5) is 25.4. The van der Waals surface area contributed by atoms with E-state index in [0.29, 0.717) is 6.54 Å². The minimum absolute atomic E-state index is 0.356. The quantitative estimate of drug-likeness (QED) is 0.814. The van der Waals surface area contributed by atoms with Crippen molar-refractivity contribution in [3.05, 3.63) is 0 Å². The number of aliphatic carboxylic acids is 1. The van der Waals surface area contributed by atoms with Crippen LogP contribution in [0.25, 0.3) is 0 Å². The lowest BCUT2D eigenvalue weighted by molar-refractivity contribution is -0.208. The summed E-state index contributed by atoms with van der Waals surface area (Å²) in [5, 5.41) is 19.5. The molecule has 1 amide bonds. The van der Waals surface area contributed by atoms with Crippen molar-refractivity contribution in [1.29, 1.82) is 0 Å². The molecule has 0 aromatic rings. The molecule has 1 aliphatic heterocycles. The van der Waals surface area contributed by atoms with E-state index in [4.69, 9.17) is 4.74 Å². The summed E-state index contributed by atoms with van der Waals surface area (Å²) in [5.74, 6) is -1.14. The highest BCUT2D eigenvalue weighted by atomic mass is 16.6. The van der Waals surface area contributed by atoms with Gasteiger partial charge in [0, 0.05) is 12.0 Å². The van der Waals surface area contributed by atoms with Crippen LogP contribution in [0, 0.1) is 5.41 Å². The Morgan fingerprint density at radius 3 is 2.19 bits per heavy atom. The molecular weight excluding hydrogens is 274 g/mol. The second-order valence-electron chi connectivity index (χ2n) is 7.23. The van der Waals surface area contributed by atoms with E-state index in [9.17, 15) is 19.8 Å². The van der Waals surface area contributed by atoms with Crippen molar-refractivity contribution in [1.82, 2.24) is 4.90 Å². The normalized spacial score (nSPS) is 28.1. The lowest BCUT2D eigenvalue weighted by Gasteiger charge is -2.64. The molecule has 1 aliphatic carbocycles. The smallest absolute Gasteiger partial charge is 0.411 e. The van der Waals surface area contributed by atoms with E-state index in [0.717, 1.165) is 32.1 Å². The molecule has 2 N–H and O–H groups in total. The summed E-state index contributed by atoms with van der Waals surface area (Å²) in [5.41, 5.74) is -2.73. The summed E-state index contributed by atoms with van der Waals surface area (Å²) < 4.78 is 5.30. The molecule has 0 aromatic heterocycles. The molecule has 2 fully saturated rings. The molecule has 1 atom stereocenters. The van der Waals surface area contributed by atoms with Gasteiger partial charge in [0.15, 0.2) is 5.54 Å². The number of hydrogen-bond acceptors (Lipinski definition) is 4. The van der Waals surface area contributed by atoms with Crippen LogP contribution in [0.1, 0.15) is 52.9 Å². The molecule has 0 aromatic carbocycles. The SMILES string of the molecule is CC(C)(C)OC(=O)N1CC2(CCCCC2)[C@]1(CO)C(=O)O. The van der Waals surface area contributed by atoms with Crippen molar-refractivity contribution >= 4 is 12.1 Å². The van der Waals surface area contributed by atoms with Gasteiger partial charge >= 0.3 is 12.1 Å². The largest absolute Gasteiger partial charge is 0.479 e. The summed E-state index contributed by atoms with van der Waals surface area (Å²) in [6.45, 7) is 5.00. The van der Waals surface area contributed by atoms with E-state index < -0.39 is 35.2 Å². The number of aliphatic hydroxyl groups is 1. The van der Waals surface area contributed by atoms with Gasteiger partial charge in [-0.3, -0.25) is 4.90 Å². The molecule has 21 heavy (non-hydrogen) atoms. The molecule has 2 rings (SSSR count). The minimum Gasteiger partial charge on any atom is -0.479 e. The number of nitrogens with zero attached hydrogens (tertiary/aromatic N) is 1. The summed E-state index contributed by atoms with van der Waals surface area (Å²) in [7, 11) is 0. The van der Waals surface area contributed by atoms with Gasteiger partial charge in [0.05, 0.1) is 6.61 Å². The fraction of sp³-hybridized carbons (Fsp3) is 0.867. The highest BCUT2D eigenvalue weighted by molar-refractivity contribution is 5.88. The highest BCUT2D eigenvalue weighted by Crippen LogP contribution is 2.56. The van der Waals surface area contributed by atoms with Gasteiger partial charge in [-0.25, -0.2) is 9.59 Å². The lowest BCUT2D eigenvalue weighted by atomic mass is 9.54. The number of amides is 1. The molecule has 0 unspecified atom stereocenters. The number of carbonyl (C=O) groups excluding carboxylic acids is 1. The Morgan fingerprint density at radius 1 is 1.19 bits per heavy atom. The topological polar surface area (TPSA) is 87.1 Å². The van der Waals surface area contributed by atoms with Crippen LogP contribution in [0.15, 0.2) is 0 Å². The van der Waals surface area contributed by atoms with Gasteiger partial charge in [-0.2, -0.15) is 0 Å². The minimum atomic E-state index is -1.53. The van der Waals surface area contributed by atoms with E-state index in [1.165, 1.54) is 4.90 Å². The lowest BCUT2D eigenvalue weighted by Crippen LogP contribution is -2.81. The van der Waals surface area contributed by atoms with E-state index in [-0.39, 0.29) is 0 Å². The predicted octanol–water partition coefficient (Wildman–Crippen LogP) is 2.00. The fourth-order valence-electron chi connectivity index (χ4n) is 3.76. The van der Waals surface area contributed by atoms with Gasteiger partial charge in [0.25, 0.3) is 0 Å². The molecule has 0 bridgehead atoms. The maximum Gasteiger partial charge on any atom is 0.411 e. The maximum atomic E-state index is 12.3. The Hall–Kier alpha value is -1.30. The van der Waals surface area contributed by atoms with E-state index in [1.807, 2.05) is 0 Å². The third-order valence-corrected chi connectivity index (χ3v) is 4.81. The first-order valence-electron chi connectivity index (χ1n) is 7.53. The Morgan fingerprint density at radius 2 is 1.76 bits per heavy atom. The molecule has 6 heteroatoms. The molecular formula is C15H25NO5. The first kappa shape index (κ1) is 16.1. The maximum absolute atomic E-state index is 12.3. The van der Waals surface area contributed by atoms with Crippen molar-refractivity contribution in [2.45, 2.75) is 64.0 Å². The van der Waals surface area contributed by atoms with Crippen LogP contribution in [0.4, 0.5) is 4.79 Å². The zero-order valence-electron chi connectivity index (χ0n) is 13.0. The third-order valence-electron chi connectivity index (χ3n) is 4.81. The van der Waals surface area contributed by atoms with Gasteiger partial charge in [0.2, 0.25) is 0 Å². The van der Waals surface area contributed by atoms with Gasteiger partial charge in [-0.1, -0.05) is 19.3 Å². The number of aliphatic hydroxyl groups excluding tert-OH is 1. The van der Waals surface area contributed by atoms with Crippen molar-refractivity contribution in [3.63, 3.8) is 0 Å². The van der Waals surface area contributed by atoms with E-state index in [2.05, 4.69) is 0 Å². The molecule has 1 saturated carbocycles. The van der Waals surface area contributed by atoms with Gasteiger partial charge in [-0.05, 0) is 33.6 Å². The molecule has 0 radical (unpaired) electrons. The van der Waals surface area contributed by atoms with Crippen LogP contribution in [0.5, 0.6) is 0 Å². The Bertz CT molecular complexity index is 436. The fourth-order valence-corrected chi connectivity index (χ4v) is 3.76. The number of carbonyl (C=O) groups is 2. The average Bonchev–Trinajstić information content (AvgIpc) is 2.35.